The average molecular weight is 471 g/mol. The maximum absolute atomic E-state index is 13.8. The number of aromatic nitrogens is 2. The number of carbonyl (C=O) groups is 1. The third-order valence-electron chi connectivity index (χ3n) is 7.52. The predicted molar refractivity (Wildman–Crippen MR) is 128 cm³/mol. The van der Waals surface area contributed by atoms with E-state index in [1.807, 2.05) is 6.08 Å². The van der Waals surface area contributed by atoms with E-state index in [1.165, 1.54) is 12.6 Å². The summed E-state index contributed by atoms with van der Waals surface area (Å²) in [5, 5.41) is 6.85. The SMILES string of the molecule is CC(C)C1CCC(n2cc(NC(=O)C3=C4N=C(N5CCCCC5)C=C4N=C3)c(C(F)F)n2)CC1. The fourth-order valence-corrected chi connectivity index (χ4v) is 5.41. The molecule has 7 nitrogen and oxygen atoms in total. The summed E-state index contributed by atoms with van der Waals surface area (Å²) in [6.45, 7) is 6.34. The van der Waals surface area contributed by atoms with E-state index < -0.39 is 12.3 Å². The van der Waals surface area contributed by atoms with Crippen LogP contribution in [0.5, 0.6) is 0 Å². The molecule has 4 heterocycles. The minimum atomic E-state index is -2.77. The topological polar surface area (TPSA) is 74.9 Å². The maximum Gasteiger partial charge on any atom is 0.284 e. The largest absolute Gasteiger partial charge is 0.357 e. The highest BCUT2D eigenvalue weighted by Gasteiger charge is 2.31. The van der Waals surface area contributed by atoms with Crippen LogP contribution >= 0.6 is 0 Å². The van der Waals surface area contributed by atoms with Crippen LogP contribution < -0.4 is 5.32 Å². The van der Waals surface area contributed by atoms with Crippen LogP contribution in [0.15, 0.2) is 39.2 Å². The van der Waals surface area contributed by atoms with E-state index in [1.54, 1.807) is 10.9 Å². The van der Waals surface area contributed by atoms with Crippen LogP contribution in [-0.4, -0.2) is 45.7 Å². The van der Waals surface area contributed by atoms with Crippen LogP contribution in [0, 0.1) is 11.8 Å². The number of halogens is 2. The number of piperidine rings is 1. The first-order chi connectivity index (χ1) is 16.4. The van der Waals surface area contributed by atoms with Crippen molar-refractivity contribution >= 4 is 23.6 Å². The molecule has 0 radical (unpaired) electrons. The number of aliphatic imine (C=N–C) groups is 2. The van der Waals surface area contributed by atoms with Gasteiger partial charge < -0.3 is 10.2 Å². The van der Waals surface area contributed by atoms with Crippen molar-refractivity contribution in [1.29, 1.82) is 0 Å². The molecular formula is C25H32F2N6O. The van der Waals surface area contributed by atoms with Gasteiger partial charge in [0.25, 0.3) is 12.3 Å². The summed E-state index contributed by atoms with van der Waals surface area (Å²) in [5.74, 6) is 1.63. The Bertz CT molecular complexity index is 1070. The summed E-state index contributed by atoms with van der Waals surface area (Å²) >= 11 is 0. The number of fused-ring (bicyclic) bond motifs is 1. The first-order valence-electron chi connectivity index (χ1n) is 12.4. The number of amides is 1. The molecule has 1 saturated carbocycles. The monoisotopic (exact) mass is 470 g/mol. The van der Waals surface area contributed by atoms with E-state index >= 15 is 0 Å². The minimum absolute atomic E-state index is 0.0585. The Morgan fingerprint density at radius 2 is 1.85 bits per heavy atom. The summed E-state index contributed by atoms with van der Waals surface area (Å²) < 4.78 is 29.2. The summed E-state index contributed by atoms with van der Waals surface area (Å²) in [4.78, 5) is 24.3. The Labute approximate surface area is 198 Å². The van der Waals surface area contributed by atoms with Gasteiger partial charge in [-0.05, 0) is 56.8 Å². The molecule has 0 spiro atoms. The van der Waals surface area contributed by atoms with Crippen LogP contribution in [0.4, 0.5) is 14.5 Å². The van der Waals surface area contributed by atoms with Gasteiger partial charge in [-0.2, -0.15) is 5.10 Å². The number of alkyl halides is 2. The zero-order chi connectivity index (χ0) is 23.8. The zero-order valence-electron chi connectivity index (χ0n) is 19.8. The number of likely N-dealkylation sites (tertiary alicyclic amines) is 1. The molecule has 3 aliphatic heterocycles. The lowest BCUT2D eigenvalue weighted by atomic mass is 9.80. The van der Waals surface area contributed by atoms with Gasteiger partial charge in [-0.3, -0.25) is 14.5 Å². The molecule has 5 rings (SSSR count). The minimum Gasteiger partial charge on any atom is -0.357 e. The van der Waals surface area contributed by atoms with Crippen molar-refractivity contribution in [3.63, 3.8) is 0 Å². The molecular weight excluding hydrogens is 438 g/mol. The van der Waals surface area contributed by atoms with Crippen LogP contribution in [0.3, 0.4) is 0 Å². The van der Waals surface area contributed by atoms with Crippen LogP contribution in [0.2, 0.25) is 0 Å². The molecule has 182 valence electrons. The summed E-state index contributed by atoms with van der Waals surface area (Å²) in [6.07, 6.45) is 9.55. The molecule has 1 aromatic rings. The molecule has 0 unspecified atom stereocenters. The Morgan fingerprint density at radius 1 is 1.12 bits per heavy atom. The molecule has 34 heavy (non-hydrogen) atoms. The third kappa shape index (κ3) is 4.44. The Morgan fingerprint density at radius 3 is 2.53 bits per heavy atom. The molecule has 0 aromatic carbocycles. The molecule has 1 N–H and O–H groups in total. The second kappa shape index (κ2) is 9.43. The summed E-state index contributed by atoms with van der Waals surface area (Å²) in [6, 6.07) is 0.0780. The molecule has 1 aliphatic carbocycles. The number of anilines is 1. The number of amidine groups is 1. The van der Waals surface area contributed by atoms with Gasteiger partial charge in [-0.15, -0.1) is 0 Å². The maximum atomic E-state index is 13.8. The van der Waals surface area contributed by atoms with Gasteiger partial charge in [0.05, 0.1) is 23.0 Å². The third-order valence-corrected chi connectivity index (χ3v) is 7.52. The smallest absolute Gasteiger partial charge is 0.284 e. The van der Waals surface area contributed by atoms with Gasteiger partial charge in [0.2, 0.25) is 0 Å². The van der Waals surface area contributed by atoms with E-state index in [4.69, 9.17) is 0 Å². The lowest BCUT2D eigenvalue weighted by Crippen LogP contribution is -2.34. The highest BCUT2D eigenvalue weighted by Crippen LogP contribution is 2.37. The molecule has 0 atom stereocenters. The van der Waals surface area contributed by atoms with Crippen molar-refractivity contribution in [2.24, 2.45) is 21.8 Å². The Kier molecular flexibility index (Phi) is 6.36. The quantitative estimate of drug-likeness (QED) is 0.637. The number of rotatable bonds is 5. The Balaban J connectivity index is 1.33. The number of carbonyl (C=O) groups excluding carboxylic acids is 1. The highest BCUT2D eigenvalue weighted by atomic mass is 19.3. The molecule has 0 bridgehead atoms. The van der Waals surface area contributed by atoms with E-state index in [2.05, 4.69) is 39.1 Å². The number of hydrogen-bond donors (Lipinski definition) is 1. The van der Waals surface area contributed by atoms with Gasteiger partial charge >= 0.3 is 0 Å². The van der Waals surface area contributed by atoms with Crippen molar-refractivity contribution in [3.8, 4) is 0 Å². The highest BCUT2D eigenvalue weighted by molar-refractivity contribution is 6.21. The Hall–Kier alpha value is -2.84. The van der Waals surface area contributed by atoms with Gasteiger partial charge in [0.1, 0.15) is 11.5 Å². The summed E-state index contributed by atoms with van der Waals surface area (Å²) in [5.41, 5.74) is 1.12. The van der Waals surface area contributed by atoms with E-state index in [0.29, 0.717) is 28.8 Å². The van der Waals surface area contributed by atoms with E-state index in [-0.39, 0.29) is 17.4 Å². The van der Waals surface area contributed by atoms with Crippen molar-refractivity contribution in [1.82, 2.24) is 14.7 Å². The second-order valence-electron chi connectivity index (χ2n) is 10.0. The second-order valence-corrected chi connectivity index (χ2v) is 10.0. The van der Waals surface area contributed by atoms with Gasteiger partial charge in [0, 0.05) is 31.6 Å². The first kappa shape index (κ1) is 22.9. The molecule has 2 fully saturated rings. The van der Waals surface area contributed by atoms with Gasteiger partial charge in [0.15, 0.2) is 5.69 Å². The fourth-order valence-electron chi connectivity index (χ4n) is 5.41. The molecule has 1 amide bonds. The van der Waals surface area contributed by atoms with Crippen molar-refractivity contribution in [2.45, 2.75) is 71.3 Å². The average Bonchev–Trinajstić information content (AvgIpc) is 3.54. The van der Waals surface area contributed by atoms with E-state index in [0.717, 1.165) is 57.5 Å². The number of nitrogens with zero attached hydrogens (tertiary/aromatic N) is 5. The van der Waals surface area contributed by atoms with Gasteiger partial charge in [-0.25, -0.2) is 13.8 Å². The van der Waals surface area contributed by atoms with Crippen LogP contribution in [0.25, 0.3) is 0 Å². The van der Waals surface area contributed by atoms with Crippen LogP contribution in [0.1, 0.15) is 77.0 Å². The molecule has 4 aliphatic rings. The zero-order valence-corrected chi connectivity index (χ0v) is 19.8. The number of nitrogens with one attached hydrogen (secondary N) is 1. The van der Waals surface area contributed by atoms with E-state index in [9.17, 15) is 13.6 Å². The molecule has 1 aromatic heterocycles. The normalized spacial score (nSPS) is 24.7. The van der Waals surface area contributed by atoms with Crippen molar-refractivity contribution in [2.75, 3.05) is 18.4 Å². The number of hydrogen-bond acceptors (Lipinski definition) is 5. The lowest BCUT2D eigenvalue weighted by molar-refractivity contribution is -0.112. The van der Waals surface area contributed by atoms with Crippen molar-refractivity contribution < 1.29 is 13.6 Å². The van der Waals surface area contributed by atoms with Crippen LogP contribution in [-0.2, 0) is 4.79 Å². The van der Waals surface area contributed by atoms with Crippen molar-refractivity contribution in [3.05, 3.63) is 34.9 Å². The fraction of sp³-hybridized carbons (Fsp3) is 0.600. The summed E-state index contributed by atoms with van der Waals surface area (Å²) in [7, 11) is 0. The van der Waals surface area contributed by atoms with Gasteiger partial charge in [-0.1, -0.05) is 13.8 Å². The molecule has 1 saturated heterocycles. The first-order valence-corrected chi connectivity index (χ1v) is 12.4. The lowest BCUT2D eigenvalue weighted by Gasteiger charge is -2.30. The standard InChI is InChI=1S/C25H32F2N6O/c1-15(2)16-6-8-17(9-7-16)33-14-20(23(31-33)24(26)27)29-25(34)18-13-28-19-12-21(30-22(18)19)32-10-4-3-5-11-32/h12-17,24H,3-11H2,1-2H3,(H,29,34). The molecule has 9 heteroatoms. The predicted octanol–water partition coefficient (Wildman–Crippen LogP) is 5.27.